The average Bonchev–Trinajstić information content (AvgIpc) is 3.59. The maximum Gasteiger partial charge on any atom is 0.135 e. The van der Waals surface area contributed by atoms with E-state index in [4.69, 9.17) is 14.4 Å². The van der Waals surface area contributed by atoms with Crippen LogP contribution in [0.1, 0.15) is 60.1 Å². The van der Waals surface area contributed by atoms with Crippen LogP contribution in [0.2, 0.25) is 0 Å². The first-order valence-corrected chi connectivity index (χ1v) is 16.4. The van der Waals surface area contributed by atoms with Crippen LogP contribution >= 0.6 is 0 Å². The minimum absolute atomic E-state index is 0.154. The van der Waals surface area contributed by atoms with Crippen LogP contribution in [-0.4, -0.2) is 9.97 Å². The summed E-state index contributed by atoms with van der Waals surface area (Å²) < 4.78 is 6.10. The van der Waals surface area contributed by atoms with E-state index in [1.807, 2.05) is 18.3 Å². The van der Waals surface area contributed by atoms with Gasteiger partial charge in [0.05, 0.1) is 22.9 Å². The van der Waals surface area contributed by atoms with E-state index in [1.165, 1.54) is 55.6 Å². The molecular weight excluding hydrogens is 560 g/mol. The van der Waals surface area contributed by atoms with Crippen LogP contribution in [0, 0.1) is 0 Å². The summed E-state index contributed by atoms with van der Waals surface area (Å²) in [6, 6.07) is 28.7. The smallest absolute Gasteiger partial charge is 0.135 e. The van der Waals surface area contributed by atoms with Gasteiger partial charge in [-0.3, -0.25) is 4.98 Å². The highest BCUT2D eigenvalue weighted by Crippen LogP contribution is 2.51. The molecule has 3 aliphatic carbocycles. The molecule has 2 aromatic heterocycles. The van der Waals surface area contributed by atoms with Crippen molar-refractivity contribution in [1.82, 2.24) is 9.97 Å². The summed E-state index contributed by atoms with van der Waals surface area (Å²) in [5.74, 6) is 0. The fourth-order valence-electron chi connectivity index (χ4n) is 8.29. The van der Waals surface area contributed by atoms with Gasteiger partial charge in [-0.25, -0.2) is 4.98 Å². The van der Waals surface area contributed by atoms with Crippen molar-refractivity contribution in [3.8, 4) is 33.5 Å². The van der Waals surface area contributed by atoms with Crippen LogP contribution in [0.15, 0.2) is 102 Å². The zero-order valence-corrected chi connectivity index (χ0v) is 26.0. The quantitative estimate of drug-likeness (QED) is 0.200. The number of fused-ring (bicyclic) bond motifs is 12. The number of aromatic nitrogens is 2. The van der Waals surface area contributed by atoms with Gasteiger partial charge in [-0.1, -0.05) is 86.7 Å². The molecule has 0 amide bonds. The molecule has 5 aromatic carbocycles. The molecule has 0 N–H and O–H groups in total. The summed E-state index contributed by atoms with van der Waals surface area (Å²) >= 11 is 0. The molecule has 3 heteroatoms. The molecule has 220 valence electrons. The summed E-state index contributed by atoms with van der Waals surface area (Å²) in [5.41, 5.74) is 19.1. The molecule has 2 heterocycles. The third-order valence-electron chi connectivity index (χ3n) is 10.7. The number of benzene rings is 5. The number of nitrogens with zero attached hydrogens (tertiary/aromatic N) is 2. The van der Waals surface area contributed by atoms with Gasteiger partial charge in [0.25, 0.3) is 0 Å². The zero-order chi connectivity index (χ0) is 30.6. The SMILES string of the molecule is CC1(C)c2cc(-c3ccc4oc5ccccc5c4c3)ccc2-c2ccc(-c3cnc4c5c(c6c(c4n3)C=CCC6)CCC=C5)cc21. The Balaban J connectivity index is 1.07. The van der Waals surface area contributed by atoms with E-state index in [2.05, 4.69) is 105 Å². The number of furan rings is 1. The van der Waals surface area contributed by atoms with Crippen molar-refractivity contribution in [2.24, 2.45) is 0 Å². The Hall–Kier alpha value is -5.28. The predicted octanol–water partition coefficient (Wildman–Crippen LogP) is 11.1. The zero-order valence-electron chi connectivity index (χ0n) is 26.0. The molecule has 10 rings (SSSR count). The fraction of sp³-hybridized carbons (Fsp3) is 0.163. The first kappa shape index (κ1) is 26.0. The largest absolute Gasteiger partial charge is 0.456 e. The summed E-state index contributed by atoms with van der Waals surface area (Å²) in [5, 5.41) is 2.32. The van der Waals surface area contributed by atoms with E-state index in [0.717, 1.165) is 69.9 Å². The van der Waals surface area contributed by atoms with Gasteiger partial charge in [-0.15, -0.1) is 0 Å². The first-order valence-electron chi connectivity index (χ1n) is 16.4. The van der Waals surface area contributed by atoms with Gasteiger partial charge in [0.1, 0.15) is 11.2 Å². The summed E-state index contributed by atoms with van der Waals surface area (Å²) in [4.78, 5) is 10.4. The van der Waals surface area contributed by atoms with E-state index in [0.29, 0.717) is 0 Å². The molecule has 0 fully saturated rings. The maximum absolute atomic E-state index is 6.10. The van der Waals surface area contributed by atoms with Gasteiger partial charge in [0.2, 0.25) is 0 Å². The Bertz CT molecular complexity index is 2510. The number of hydrogen-bond donors (Lipinski definition) is 0. The molecule has 0 atom stereocenters. The summed E-state index contributed by atoms with van der Waals surface area (Å²) in [6.07, 6.45) is 15.5. The van der Waals surface area contributed by atoms with Crippen LogP contribution < -0.4 is 0 Å². The molecular formula is C43H32N2O. The lowest BCUT2D eigenvalue weighted by Crippen LogP contribution is -2.15. The van der Waals surface area contributed by atoms with Gasteiger partial charge in [-0.2, -0.15) is 0 Å². The third kappa shape index (κ3) is 3.60. The number of para-hydroxylation sites is 1. The highest BCUT2D eigenvalue weighted by Gasteiger charge is 2.36. The average molecular weight is 593 g/mol. The molecule has 7 aromatic rings. The van der Waals surface area contributed by atoms with Crippen molar-refractivity contribution >= 4 is 45.1 Å². The van der Waals surface area contributed by atoms with Gasteiger partial charge >= 0.3 is 0 Å². The van der Waals surface area contributed by atoms with Crippen molar-refractivity contribution in [3.63, 3.8) is 0 Å². The van der Waals surface area contributed by atoms with Gasteiger partial charge in [0, 0.05) is 32.9 Å². The van der Waals surface area contributed by atoms with E-state index in [9.17, 15) is 0 Å². The number of hydrogen-bond acceptors (Lipinski definition) is 3. The molecule has 0 saturated heterocycles. The minimum Gasteiger partial charge on any atom is -0.456 e. The molecule has 0 saturated carbocycles. The van der Waals surface area contributed by atoms with Gasteiger partial charge in [-0.05, 0) is 101 Å². The lowest BCUT2D eigenvalue weighted by molar-refractivity contribution is 0.661. The van der Waals surface area contributed by atoms with Crippen LogP contribution in [-0.2, 0) is 18.3 Å². The Morgan fingerprint density at radius 1 is 0.630 bits per heavy atom. The second kappa shape index (κ2) is 9.37. The Morgan fingerprint density at radius 3 is 2.04 bits per heavy atom. The van der Waals surface area contributed by atoms with E-state index < -0.39 is 0 Å². The predicted molar refractivity (Wildman–Crippen MR) is 190 cm³/mol. The van der Waals surface area contributed by atoms with Gasteiger partial charge in [0.15, 0.2) is 0 Å². The third-order valence-corrected chi connectivity index (χ3v) is 10.7. The second-order valence-electron chi connectivity index (χ2n) is 13.6. The topological polar surface area (TPSA) is 38.9 Å². The van der Waals surface area contributed by atoms with E-state index in [-0.39, 0.29) is 5.41 Å². The monoisotopic (exact) mass is 592 g/mol. The van der Waals surface area contributed by atoms with Crippen LogP contribution in [0.25, 0.3) is 78.6 Å². The van der Waals surface area contributed by atoms with Crippen LogP contribution in [0.3, 0.4) is 0 Å². The summed E-state index contributed by atoms with van der Waals surface area (Å²) in [6.45, 7) is 4.70. The van der Waals surface area contributed by atoms with E-state index >= 15 is 0 Å². The number of rotatable bonds is 2. The molecule has 46 heavy (non-hydrogen) atoms. The molecule has 0 radical (unpaired) electrons. The minimum atomic E-state index is -0.154. The van der Waals surface area contributed by atoms with Crippen molar-refractivity contribution < 1.29 is 4.42 Å². The summed E-state index contributed by atoms with van der Waals surface area (Å²) in [7, 11) is 0. The lowest BCUT2D eigenvalue weighted by Gasteiger charge is -2.23. The molecule has 0 bridgehead atoms. The highest BCUT2D eigenvalue weighted by atomic mass is 16.3. The van der Waals surface area contributed by atoms with Crippen molar-refractivity contribution in [1.29, 1.82) is 0 Å². The van der Waals surface area contributed by atoms with Crippen molar-refractivity contribution in [2.75, 3.05) is 0 Å². The standard InChI is InChI=1S/C43H32N2O/c1-43(2)36-22-26(25-17-20-40-35(21-25)32-11-7-8-14-39(32)46-40)15-18-30(36)31-19-16-27(23-37(31)43)38-24-44-41-33-12-5-3-9-28(33)29-10-4-6-13-34(29)42(41)45-38/h5-8,11-24H,3-4,9-10H2,1-2H3. The van der Waals surface area contributed by atoms with Crippen molar-refractivity contribution in [2.45, 2.75) is 44.9 Å². The Kier molecular flexibility index (Phi) is 5.29. The Labute approximate surface area is 267 Å². The fourth-order valence-corrected chi connectivity index (χ4v) is 8.29. The molecule has 3 nitrogen and oxygen atoms in total. The Morgan fingerprint density at radius 2 is 1.26 bits per heavy atom. The second-order valence-corrected chi connectivity index (χ2v) is 13.6. The first-order chi connectivity index (χ1) is 22.5. The highest BCUT2D eigenvalue weighted by molar-refractivity contribution is 6.06. The van der Waals surface area contributed by atoms with Crippen molar-refractivity contribution in [3.05, 3.63) is 131 Å². The number of allylic oxidation sites excluding steroid dienone is 2. The lowest BCUT2D eigenvalue weighted by atomic mass is 9.81. The molecule has 0 spiro atoms. The van der Waals surface area contributed by atoms with E-state index in [1.54, 1.807) is 0 Å². The molecule has 3 aliphatic rings. The normalized spacial score (nSPS) is 15.7. The molecule has 0 aliphatic heterocycles. The van der Waals surface area contributed by atoms with Gasteiger partial charge < -0.3 is 4.42 Å². The van der Waals surface area contributed by atoms with Crippen LogP contribution in [0.4, 0.5) is 0 Å². The maximum atomic E-state index is 6.10. The molecule has 0 unspecified atom stereocenters. The van der Waals surface area contributed by atoms with Crippen LogP contribution in [0.5, 0.6) is 0 Å².